The molecule has 5 heteroatoms. The predicted molar refractivity (Wildman–Crippen MR) is 73.5 cm³/mol. The van der Waals surface area contributed by atoms with E-state index < -0.39 is 0 Å². The molecule has 0 aliphatic carbocycles. The van der Waals surface area contributed by atoms with Gasteiger partial charge in [-0.25, -0.2) is 0 Å². The molecular weight excluding hydrogens is 266 g/mol. The molecule has 1 aliphatic rings. The normalized spacial score (nSPS) is 17.9. The van der Waals surface area contributed by atoms with E-state index in [1.54, 1.807) is 18.2 Å². The average Bonchev–Trinajstić information content (AvgIpc) is 2.39. The van der Waals surface area contributed by atoms with Crippen molar-refractivity contribution in [3.63, 3.8) is 0 Å². The highest BCUT2D eigenvalue weighted by atomic mass is 35.5. The molecule has 1 aromatic rings. The lowest BCUT2D eigenvalue weighted by molar-refractivity contribution is -0.123. The number of carbonyl (C=O) groups excluding carboxylic acids is 1. The Balaban J connectivity index is 1.96. The van der Waals surface area contributed by atoms with Crippen LogP contribution in [0.3, 0.4) is 0 Å². The van der Waals surface area contributed by atoms with Crippen molar-refractivity contribution in [3.05, 3.63) is 29.8 Å². The van der Waals surface area contributed by atoms with E-state index in [4.69, 9.17) is 16.3 Å². The number of hydrogen-bond donors (Lipinski definition) is 2. The van der Waals surface area contributed by atoms with Crippen LogP contribution >= 0.6 is 11.6 Å². The van der Waals surface area contributed by atoms with E-state index in [1.807, 2.05) is 6.07 Å². The summed E-state index contributed by atoms with van der Waals surface area (Å²) in [6.07, 6.45) is 1.72. The highest BCUT2D eigenvalue weighted by Gasteiger charge is 2.33. The minimum atomic E-state index is -0.353. The first kappa shape index (κ1) is 14.2. The quantitative estimate of drug-likeness (QED) is 0.829. The van der Waals surface area contributed by atoms with E-state index in [2.05, 4.69) is 5.32 Å². The van der Waals surface area contributed by atoms with Gasteiger partial charge in [0.25, 0.3) is 0 Å². The van der Waals surface area contributed by atoms with Gasteiger partial charge in [0.2, 0.25) is 5.91 Å². The van der Waals surface area contributed by atoms with E-state index in [9.17, 15) is 9.90 Å². The second kappa shape index (κ2) is 6.26. The zero-order chi connectivity index (χ0) is 13.7. The second-order valence-electron chi connectivity index (χ2n) is 4.92. The number of phenols is 1. The topological polar surface area (TPSA) is 58.6 Å². The first-order valence-corrected chi connectivity index (χ1v) is 6.90. The van der Waals surface area contributed by atoms with Crippen LogP contribution in [0.5, 0.6) is 5.75 Å². The molecule has 0 saturated carbocycles. The maximum absolute atomic E-state index is 12.1. The Morgan fingerprint density at radius 2 is 2.16 bits per heavy atom. The van der Waals surface area contributed by atoms with Gasteiger partial charge in [0.05, 0.1) is 12.0 Å². The SMILES string of the molecule is O=C(Cc1cccc(O)c1)NC1(CCl)CCOCC1. The van der Waals surface area contributed by atoms with E-state index in [0.717, 1.165) is 18.4 Å². The average molecular weight is 284 g/mol. The number of aromatic hydroxyl groups is 1. The maximum atomic E-state index is 12.1. The molecule has 4 nitrogen and oxygen atoms in total. The van der Waals surface area contributed by atoms with Crippen LogP contribution in [0.4, 0.5) is 0 Å². The molecule has 1 heterocycles. The van der Waals surface area contributed by atoms with Crippen LogP contribution in [-0.4, -0.2) is 35.6 Å². The molecule has 19 heavy (non-hydrogen) atoms. The molecule has 0 radical (unpaired) electrons. The zero-order valence-corrected chi connectivity index (χ0v) is 11.4. The standard InChI is InChI=1S/C14H18ClNO3/c15-10-14(4-6-19-7-5-14)16-13(18)9-11-2-1-3-12(17)8-11/h1-3,8,17H,4-7,9-10H2,(H,16,18). The largest absolute Gasteiger partial charge is 0.508 e. The summed E-state index contributed by atoms with van der Waals surface area (Å²) >= 11 is 6.00. The van der Waals surface area contributed by atoms with Crippen molar-refractivity contribution in [2.75, 3.05) is 19.1 Å². The van der Waals surface area contributed by atoms with Gasteiger partial charge in [0.15, 0.2) is 0 Å². The number of carbonyl (C=O) groups is 1. The summed E-state index contributed by atoms with van der Waals surface area (Å²) in [5, 5.41) is 12.4. The third kappa shape index (κ3) is 3.85. The Kier molecular flexibility index (Phi) is 4.66. The van der Waals surface area contributed by atoms with Crippen molar-refractivity contribution >= 4 is 17.5 Å². The Morgan fingerprint density at radius 3 is 2.79 bits per heavy atom. The molecule has 1 aliphatic heterocycles. The van der Waals surface area contributed by atoms with Gasteiger partial charge in [0.1, 0.15) is 5.75 Å². The fraction of sp³-hybridized carbons (Fsp3) is 0.500. The van der Waals surface area contributed by atoms with Crippen LogP contribution in [-0.2, 0) is 16.0 Å². The highest BCUT2D eigenvalue weighted by Crippen LogP contribution is 2.22. The lowest BCUT2D eigenvalue weighted by atomic mass is 9.92. The summed E-state index contributed by atoms with van der Waals surface area (Å²) in [7, 11) is 0. The van der Waals surface area contributed by atoms with Gasteiger partial charge in [-0.05, 0) is 30.5 Å². The molecule has 1 amide bonds. The minimum absolute atomic E-state index is 0.0758. The number of rotatable bonds is 4. The van der Waals surface area contributed by atoms with Crippen molar-refractivity contribution in [1.29, 1.82) is 0 Å². The second-order valence-corrected chi connectivity index (χ2v) is 5.19. The molecule has 0 atom stereocenters. The number of ether oxygens (including phenoxy) is 1. The Hall–Kier alpha value is -1.26. The fourth-order valence-corrected chi connectivity index (χ4v) is 2.58. The van der Waals surface area contributed by atoms with Gasteiger partial charge in [-0.15, -0.1) is 11.6 Å². The number of hydrogen-bond acceptors (Lipinski definition) is 3. The van der Waals surface area contributed by atoms with Gasteiger partial charge in [-0.2, -0.15) is 0 Å². The van der Waals surface area contributed by atoms with Gasteiger partial charge >= 0.3 is 0 Å². The van der Waals surface area contributed by atoms with Crippen molar-refractivity contribution < 1.29 is 14.6 Å². The minimum Gasteiger partial charge on any atom is -0.508 e. The summed E-state index contributed by atoms with van der Waals surface area (Å²) in [6, 6.07) is 6.72. The highest BCUT2D eigenvalue weighted by molar-refractivity contribution is 6.18. The van der Waals surface area contributed by atoms with Gasteiger partial charge in [0, 0.05) is 19.1 Å². The van der Waals surface area contributed by atoms with Crippen LogP contribution in [0, 0.1) is 0 Å². The summed E-state index contributed by atoms with van der Waals surface area (Å²) in [6.45, 7) is 1.25. The maximum Gasteiger partial charge on any atom is 0.224 e. The number of phenolic OH excluding ortho intramolecular Hbond substituents is 1. The molecule has 104 valence electrons. The third-order valence-electron chi connectivity index (χ3n) is 3.39. The number of alkyl halides is 1. The first-order chi connectivity index (χ1) is 9.13. The Bertz CT molecular complexity index is 444. The number of halogens is 1. The molecule has 1 saturated heterocycles. The van der Waals surface area contributed by atoms with Crippen molar-refractivity contribution in [2.45, 2.75) is 24.8 Å². The van der Waals surface area contributed by atoms with Gasteiger partial charge in [-0.3, -0.25) is 4.79 Å². The van der Waals surface area contributed by atoms with Crippen LogP contribution in [0.2, 0.25) is 0 Å². The zero-order valence-electron chi connectivity index (χ0n) is 10.7. The summed E-state index contributed by atoms with van der Waals surface area (Å²) in [5.74, 6) is 0.485. The smallest absolute Gasteiger partial charge is 0.224 e. The lowest BCUT2D eigenvalue weighted by Crippen LogP contribution is -2.53. The van der Waals surface area contributed by atoms with Crippen LogP contribution in [0.1, 0.15) is 18.4 Å². The van der Waals surface area contributed by atoms with Crippen LogP contribution < -0.4 is 5.32 Å². The Morgan fingerprint density at radius 1 is 1.42 bits per heavy atom. The van der Waals surface area contributed by atoms with E-state index >= 15 is 0 Å². The third-order valence-corrected chi connectivity index (χ3v) is 3.90. The van der Waals surface area contributed by atoms with Crippen molar-refractivity contribution in [2.24, 2.45) is 0 Å². The van der Waals surface area contributed by atoms with Crippen molar-refractivity contribution in [1.82, 2.24) is 5.32 Å². The lowest BCUT2D eigenvalue weighted by Gasteiger charge is -2.36. The van der Waals surface area contributed by atoms with Gasteiger partial charge in [-0.1, -0.05) is 12.1 Å². The van der Waals surface area contributed by atoms with Gasteiger partial charge < -0.3 is 15.2 Å². The van der Waals surface area contributed by atoms with E-state index in [-0.39, 0.29) is 23.6 Å². The summed E-state index contributed by atoms with van der Waals surface area (Å²) < 4.78 is 5.30. The molecular formula is C14H18ClNO3. The number of benzene rings is 1. The molecule has 0 bridgehead atoms. The predicted octanol–water partition coefficient (Wildman–Crippen LogP) is 1.84. The summed E-state index contributed by atoms with van der Waals surface area (Å²) in [4.78, 5) is 12.1. The Labute approximate surface area is 117 Å². The van der Waals surface area contributed by atoms with Crippen LogP contribution in [0.25, 0.3) is 0 Å². The number of amides is 1. The molecule has 0 aromatic heterocycles. The fourth-order valence-electron chi connectivity index (χ4n) is 2.25. The summed E-state index contributed by atoms with van der Waals surface area (Å²) in [5.41, 5.74) is 0.433. The van der Waals surface area contributed by atoms with Crippen molar-refractivity contribution in [3.8, 4) is 5.75 Å². The molecule has 2 rings (SSSR count). The molecule has 2 N–H and O–H groups in total. The molecule has 0 unspecified atom stereocenters. The van der Waals surface area contributed by atoms with Crippen LogP contribution in [0.15, 0.2) is 24.3 Å². The number of nitrogens with one attached hydrogen (secondary N) is 1. The van der Waals surface area contributed by atoms with E-state index in [1.165, 1.54) is 0 Å². The first-order valence-electron chi connectivity index (χ1n) is 6.36. The van der Waals surface area contributed by atoms with E-state index in [0.29, 0.717) is 19.1 Å². The molecule has 1 fully saturated rings. The molecule has 1 aromatic carbocycles. The molecule has 0 spiro atoms. The monoisotopic (exact) mass is 283 g/mol.